The Bertz CT molecular complexity index is 877. The van der Waals surface area contributed by atoms with E-state index in [4.69, 9.17) is 15.2 Å². The molecule has 2 aliphatic rings. The largest absolute Gasteiger partial charge is 0.494 e. The third-order valence-electron chi connectivity index (χ3n) is 5.37. The van der Waals surface area contributed by atoms with Gasteiger partial charge in [-0.2, -0.15) is 0 Å². The molecular weight excluding hydrogens is 439 g/mol. The summed E-state index contributed by atoms with van der Waals surface area (Å²) >= 11 is 0. The number of likely N-dealkylation sites (N-methyl/N-ethyl adjacent to an activating group) is 1. The Labute approximate surface area is 188 Å². The van der Waals surface area contributed by atoms with E-state index >= 15 is 0 Å². The van der Waals surface area contributed by atoms with Gasteiger partial charge in [-0.15, -0.1) is 9.24 Å². The number of halogens is 2. The predicted octanol–water partition coefficient (Wildman–Crippen LogP) is 1.98. The van der Waals surface area contributed by atoms with Gasteiger partial charge >= 0.3 is 0 Å². The molecule has 5 N–H and O–H groups in total. The van der Waals surface area contributed by atoms with Crippen molar-refractivity contribution in [2.45, 2.75) is 30.7 Å². The smallest absolute Gasteiger partial charge is 0.151 e. The zero-order chi connectivity index (χ0) is 23.1. The Hall–Kier alpha value is -2.42. The number of hydrogen-bond donors (Lipinski definition) is 4. The highest BCUT2D eigenvalue weighted by atomic mass is 31.0. The lowest BCUT2D eigenvalue weighted by Crippen LogP contribution is -2.34. The fraction of sp³-hybridized carbons (Fsp3) is 0.476. The number of allylic oxidation sites excluding steroid dienone is 1. The van der Waals surface area contributed by atoms with Gasteiger partial charge in [-0.3, -0.25) is 9.80 Å². The zero-order valence-electron chi connectivity index (χ0n) is 18.0. The molecule has 2 atom stereocenters. The zero-order valence-corrected chi connectivity index (χ0v) is 19.2. The summed E-state index contributed by atoms with van der Waals surface area (Å²) in [5.41, 5.74) is 9.74. The Morgan fingerprint density at radius 2 is 2.25 bits per heavy atom. The van der Waals surface area contributed by atoms with Crippen molar-refractivity contribution in [3.8, 4) is 5.75 Å². The van der Waals surface area contributed by atoms with Crippen molar-refractivity contribution in [2.75, 3.05) is 38.7 Å². The lowest BCUT2D eigenvalue weighted by Gasteiger charge is -2.20. The van der Waals surface area contributed by atoms with Crippen molar-refractivity contribution in [3.05, 3.63) is 47.4 Å². The molecule has 1 aromatic rings. The minimum absolute atomic E-state index is 0.000846. The number of rotatable bonds is 13. The quantitative estimate of drug-likeness (QED) is 0.151. The highest BCUT2D eigenvalue weighted by Gasteiger charge is 2.42. The topological polar surface area (TPSA) is 101 Å². The molecule has 32 heavy (non-hydrogen) atoms. The van der Waals surface area contributed by atoms with Crippen LogP contribution >= 0.6 is 9.24 Å². The van der Waals surface area contributed by atoms with Crippen molar-refractivity contribution in [1.82, 2.24) is 15.8 Å². The summed E-state index contributed by atoms with van der Waals surface area (Å²) in [5, 5.41) is 7.80. The minimum Gasteiger partial charge on any atom is -0.494 e. The summed E-state index contributed by atoms with van der Waals surface area (Å²) in [5.74, 6) is -0.448. The van der Waals surface area contributed by atoms with Crippen LogP contribution in [0.5, 0.6) is 5.75 Å². The number of carbonyl (C=O) groups is 1. The molecule has 0 bridgehead atoms. The molecule has 1 aliphatic carbocycles. The number of ether oxygens (including phenoxy) is 2. The van der Waals surface area contributed by atoms with Crippen LogP contribution in [0.25, 0.3) is 0 Å². The molecule has 1 heterocycles. The highest BCUT2D eigenvalue weighted by molar-refractivity contribution is 7.17. The van der Waals surface area contributed by atoms with E-state index < -0.39 is 5.91 Å². The van der Waals surface area contributed by atoms with Crippen LogP contribution < -0.4 is 26.5 Å². The summed E-state index contributed by atoms with van der Waals surface area (Å²) in [6.07, 6.45) is 4.29. The number of benzene rings is 1. The molecule has 0 spiro atoms. The van der Waals surface area contributed by atoms with E-state index in [1.807, 2.05) is 7.05 Å². The number of hydrogen-bond acceptors (Lipinski definition) is 8. The lowest BCUT2D eigenvalue weighted by atomic mass is 10.2. The van der Waals surface area contributed by atoms with E-state index in [0.717, 1.165) is 12.8 Å². The molecule has 8 nitrogen and oxygen atoms in total. The monoisotopic (exact) mass is 469 g/mol. The number of anilines is 1. The van der Waals surface area contributed by atoms with Gasteiger partial charge in [0.05, 0.1) is 17.4 Å². The Morgan fingerprint density at radius 3 is 2.88 bits per heavy atom. The lowest BCUT2D eigenvalue weighted by molar-refractivity contribution is -0.104. The van der Waals surface area contributed by atoms with E-state index in [1.54, 1.807) is 6.07 Å². The van der Waals surface area contributed by atoms with Crippen molar-refractivity contribution < 1.29 is 23.0 Å². The molecule has 1 aromatic carbocycles. The standard InChI is InChI=1S/C21H30F2N5O3P/c1-25-21(4-5-21)13-31-18-3-2-15(22)8-17(18)26-6-7-30-16(9-19(23)32)11-28-20(24)14(12-29)10-27-28/h2-3,8,11-12,19,25-27H,4-7,9-10,13,24,32H2,1H3/b16-11+. The second kappa shape index (κ2) is 10.9. The first-order valence-electron chi connectivity index (χ1n) is 10.4. The molecule has 1 fully saturated rings. The Morgan fingerprint density at radius 1 is 1.47 bits per heavy atom. The van der Waals surface area contributed by atoms with Crippen LogP contribution in [0, 0.1) is 5.82 Å². The van der Waals surface area contributed by atoms with Crippen LogP contribution in [-0.2, 0) is 9.53 Å². The molecule has 2 unspecified atom stereocenters. The van der Waals surface area contributed by atoms with Gasteiger partial charge in [0.1, 0.15) is 42.3 Å². The summed E-state index contributed by atoms with van der Waals surface area (Å²) in [6.45, 7) is 1.32. The first-order chi connectivity index (χ1) is 15.4. The minimum atomic E-state index is -1.21. The van der Waals surface area contributed by atoms with Crippen LogP contribution in [-0.4, -0.2) is 56.1 Å². The van der Waals surface area contributed by atoms with Gasteiger partial charge in [0.25, 0.3) is 0 Å². The highest BCUT2D eigenvalue weighted by Crippen LogP contribution is 2.36. The molecule has 0 aromatic heterocycles. The van der Waals surface area contributed by atoms with Gasteiger partial charge < -0.3 is 25.8 Å². The molecule has 0 amide bonds. The summed E-state index contributed by atoms with van der Waals surface area (Å²) < 4.78 is 39.0. The Balaban J connectivity index is 1.56. The number of carbonyl (C=O) groups excluding carboxylic acids is 1. The van der Waals surface area contributed by atoms with Crippen molar-refractivity contribution in [2.24, 2.45) is 5.73 Å². The van der Waals surface area contributed by atoms with Crippen LogP contribution in [0.1, 0.15) is 19.3 Å². The van der Waals surface area contributed by atoms with Crippen LogP contribution in [0.15, 0.2) is 41.6 Å². The van der Waals surface area contributed by atoms with Crippen molar-refractivity contribution >= 4 is 21.2 Å². The molecule has 1 aliphatic heterocycles. The fourth-order valence-electron chi connectivity index (χ4n) is 3.17. The Kier molecular flexibility index (Phi) is 8.28. The molecular formula is C21H30F2N5O3P. The van der Waals surface area contributed by atoms with Crippen molar-refractivity contribution in [1.29, 1.82) is 0 Å². The van der Waals surface area contributed by atoms with Crippen LogP contribution in [0.2, 0.25) is 0 Å². The summed E-state index contributed by atoms with van der Waals surface area (Å²) in [4.78, 5) is 11.0. The van der Waals surface area contributed by atoms with Gasteiger partial charge in [0, 0.05) is 31.1 Å². The van der Waals surface area contributed by atoms with Crippen LogP contribution in [0.3, 0.4) is 0 Å². The number of nitrogens with two attached hydrogens (primary N) is 1. The molecule has 3 rings (SSSR count). The third-order valence-corrected chi connectivity index (χ3v) is 5.61. The first-order valence-corrected chi connectivity index (χ1v) is 11.1. The number of nitrogens with zero attached hydrogens (tertiary/aromatic N) is 1. The predicted molar refractivity (Wildman–Crippen MR) is 122 cm³/mol. The maximum Gasteiger partial charge on any atom is 0.151 e. The fourth-order valence-corrected chi connectivity index (χ4v) is 3.40. The van der Waals surface area contributed by atoms with Crippen LogP contribution in [0.4, 0.5) is 14.5 Å². The third kappa shape index (κ3) is 6.54. The second-order valence-electron chi connectivity index (χ2n) is 7.78. The number of aldehydes is 1. The molecule has 11 heteroatoms. The van der Waals surface area contributed by atoms with E-state index in [-0.39, 0.29) is 36.7 Å². The van der Waals surface area contributed by atoms with Gasteiger partial charge in [0.15, 0.2) is 6.29 Å². The SMILES string of the molecule is CNC1(COc2ccc(F)cc2NCCO/C(=C/N2NCC(C=O)=C2N)CC(F)P)CC1. The first kappa shape index (κ1) is 24.2. The van der Waals surface area contributed by atoms with E-state index in [0.29, 0.717) is 42.2 Å². The number of hydrazine groups is 1. The number of nitrogens with one attached hydrogen (secondary N) is 3. The normalized spacial score (nSPS) is 18.5. The average molecular weight is 469 g/mol. The van der Waals surface area contributed by atoms with Gasteiger partial charge in [-0.25, -0.2) is 14.2 Å². The van der Waals surface area contributed by atoms with E-state index in [1.165, 1.54) is 23.3 Å². The molecule has 176 valence electrons. The molecule has 0 saturated heterocycles. The summed E-state index contributed by atoms with van der Waals surface area (Å²) in [6, 6.07) is 4.31. The maximum absolute atomic E-state index is 13.8. The van der Waals surface area contributed by atoms with Gasteiger partial charge in [0.2, 0.25) is 0 Å². The van der Waals surface area contributed by atoms with Crippen molar-refractivity contribution in [3.63, 3.8) is 0 Å². The van der Waals surface area contributed by atoms with Gasteiger partial charge in [-0.1, -0.05) is 0 Å². The molecule has 0 radical (unpaired) electrons. The summed E-state index contributed by atoms with van der Waals surface area (Å²) in [7, 11) is 3.97. The van der Waals surface area contributed by atoms with E-state index in [9.17, 15) is 13.6 Å². The number of alkyl halides is 1. The van der Waals surface area contributed by atoms with Gasteiger partial charge in [-0.05, 0) is 32.0 Å². The molecule has 1 saturated carbocycles. The maximum atomic E-state index is 13.8. The second-order valence-corrected chi connectivity index (χ2v) is 8.51. The average Bonchev–Trinajstić information content (AvgIpc) is 3.47. The van der Waals surface area contributed by atoms with E-state index in [2.05, 4.69) is 25.3 Å².